The molecule has 0 aliphatic carbocycles. The molecule has 7 nitrogen and oxygen atoms in total. The Kier molecular flexibility index (Phi) is 6.39. The third-order valence-corrected chi connectivity index (χ3v) is 6.06. The van der Waals surface area contributed by atoms with E-state index in [4.69, 9.17) is 9.26 Å². The summed E-state index contributed by atoms with van der Waals surface area (Å²) in [5.41, 5.74) is 5.81. The van der Waals surface area contributed by atoms with Crippen LogP contribution in [0.1, 0.15) is 29.0 Å². The van der Waals surface area contributed by atoms with Crippen molar-refractivity contribution in [3.63, 3.8) is 0 Å². The number of aryl methyl sites for hydroxylation is 4. The second-order valence-electron chi connectivity index (χ2n) is 8.53. The number of rotatable bonds is 6. The molecule has 2 heterocycles. The van der Waals surface area contributed by atoms with Gasteiger partial charge in [0.25, 0.3) is 5.91 Å². The van der Waals surface area contributed by atoms with Crippen LogP contribution in [0.25, 0.3) is 11.4 Å². The number of amides is 1. The van der Waals surface area contributed by atoms with Gasteiger partial charge in [0, 0.05) is 12.0 Å². The van der Waals surface area contributed by atoms with E-state index in [0.717, 1.165) is 46.5 Å². The number of hydrogen-bond donors (Lipinski definition) is 0. The van der Waals surface area contributed by atoms with Crippen LogP contribution in [-0.2, 0) is 33.6 Å². The molecule has 1 aliphatic heterocycles. The van der Waals surface area contributed by atoms with E-state index in [1.54, 1.807) is 4.90 Å². The average molecular weight is 468 g/mol. The molecule has 0 saturated carbocycles. The number of fused-ring (bicyclic) bond motifs is 2. The van der Waals surface area contributed by atoms with Crippen LogP contribution in [0.5, 0.6) is 0 Å². The fourth-order valence-electron chi connectivity index (χ4n) is 4.21. The van der Waals surface area contributed by atoms with E-state index >= 15 is 0 Å². The molecule has 35 heavy (non-hydrogen) atoms. The molecule has 176 valence electrons. The van der Waals surface area contributed by atoms with Crippen LogP contribution in [0.2, 0.25) is 0 Å². The number of carbonyl (C=O) groups is 2. The summed E-state index contributed by atoms with van der Waals surface area (Å²) in [6, 6.07) is 23.5. The molecule has 1 amide bonds. The third kappa shape index (κ3) is 4.99. The zero-order valence-corrected chi connectivity index (χ0v) is 19.4. The largest absolute Gasteiger partial charge is 0.456 e. The minimum atomic E-state index is -0.496. The smallest absolute Gasteiger partial charge is 0.306 e. The topological polar surface area (TPSA) is 85.5 Å². The van der Waals surface area contributed by atoms with Gasteiger partial charge in [-0.1, -0.05) is 71.4 Å². The zero-order valence-electron chi connectivity index (χ0n) is 19.4. The molecule has 0 bridgehead atoms. The molecule has 0 N–H and O–H groups in total. The molecule has 0 unspecified atom stereocenters. The van der Waals surface area contributed by atoms with Crippen LogP contribution >= 0.6 is 0 Å². The fourth-order valence-corrected chi connectivity index (χ4v) is 4.21. The Balaban J connectivity index is 1.22. The first-order valence-corrected chi connectivity index (χ1v) is 11.6. The highest BCUT2D eigenvalue weighted by Crippen LogP contribution is 2.36. The number of ether oxygens (including phenoxy) is 1. The van der Waals surface area contributed by atoms with E-state index in [1.807, 2.05) is 79.7 Å². The number of carbonyl (C=O) groups excluding carboxylic acids is 2. The molecule has 4 aromatic rings. The summed E-state index contributed by atoms with van der Waals surface area (Å²) in [6.07, 6.45) is 1.95. The van der Waals surface area contributed by atoms with Crippen LogP contribution in [0, 0.1) is 6.92 Å². The predicted molar refractivity (Wildman–Crippen MR) is 131 cm³/mol. The van der Waals surface area contributed by atoms with Gasteiger partial charge >= 0.3 is 5.97 Å². The first-order chi connectivity index (χ1) is 17.1. The molecule has 0 radical (unpaired) electrons. The van der Waals surface area contributed by atoms with E-state index in [9.17, 15) is 9.59 Å². The number of aromatic nitrogens is 2. The normalized spacial score (nSPS) is 12.4. The first-order valence-electron chi connectivity index (χ1n) is 11.6. The van der Waals surface area contributed by atoms with Gasteiger partial charge in [-0.25, -0.2) is 0 Å². The van der Waals surface area contributed by atoms with Gasteiger partial charge in [-0.3, -0.25) is 14.5 Å². The monoisotopic (exact) mass is 467 g/mol. The van der Waals surface area contributed by atoms with E-state index in [0.29, 0.717) is 11.7 Å². The highest BCUT2D eigenvalue weighted by molar-refractivity contribution is 6.03. The summed E-state index contributed by atoms with van der Waals surface area (Å²) in [4.78, 5) is 31.7. The maximum atomic E-state index is 13.2. The van der Waals surface area contributed by atoms with Gasteiger partial charge in [0.2, 0.25) is 11.7 Å². The number of nitrogens with zero attached hydrogens (tertiary/aromatic N) is 3. The van der Waals surface area contributed by atoms with Gasteiger partial charge in [-0.2, -0.15) is 4.98 Å². The minimum absolute atomic E-state index is 0.0377. The van der Waals surface area contributed by atoms with Crippen molar-refractivity contribution in [3.8, 4) is 11.4 Å². The zero-order chi connectivity index (χ0) is 24.2. The average Bonchev–Trinajstić information content (AvgIpc) is 3.29. The Bertz CT molecular complexity index is 1310. The lowest BCUT2D eigenvalue weighted by atomic mass is 10.0. The van der Waals surface area contributed by atoms with Crippen molar-refractivity contribution in [2.75, 3.05) is 11.5 Å². The van der Waals surface area contributed by atoms with Gasteiger partial charge in [0.15, 0.2) is 6.61 Å². The van der Waals surface area contributed by atoms with Crippen LogP contribution < -0.4 is 4.90 Å². The predicted octanol–water partition coefficient (Wildman–Crippen LogP) is 4.98. The van der Waals surface area contributed by atoms with Crippen LogP contribution in [-0.4, -0.2) is 28.6 Å². The van der Waals surface area contributed by atoms with Crippen molar-refractivity contribution in [2.45, 2.75) is 32.6 Å². The maximum absolute atomic E-state index is 13.2. The fraction of sp³-hybridized carbons (Fsp3) is 0.214. The highest BCUT2D eigenvalue weighted by Gasteiger charge is 2.26. The number of benzene rings is 3. The molecule has 0 atom stereocenters. The molecule has 0 saturated heterocycles. The van der Waals surface area contributed by atoms with Crippen LogP contribution in [0.3, 0.4) is 0 Å². The third-order valence-electron chi connectivity index (χ3n) is 6.06. The second kappa shape index (κ2) is 9.93. The standard InChI is InChI=1S/C28H25N3O4/c1-19-10-12-22(13-11-19)28-29-25(35-30-28)16-17-27(33)34-18-26(32)31-23-8-4-2-6-20(23)14-15-21-7-3-5-9-24(21)31/h2-13H,14-18H2,1H3. The molecule has 1 aliphatic rings. The lowest BCUT2D eigenvalue weighted by molar-refractivity contribution is -0.147. The number of anilines is 2. The van der Waals surface area contributed by atoms with Crippen LogP contribution in [0.4, 0.5) is 11.4 Å². The number of hydrogen-bond acceptors (Lipinski definition) is 6. The number of para-hydroxylation sites is 2. The lowest BCUT2D eigenvalue weighted by Gasteiger charge is -2.24. The van der Waals surface area contributed by atoms with Crippen LogP contribution in [0.15, 0.2) is 77.3 Å². The van der Waals surface area contributed by atoms with Gasteiger partial charge in [0.05, 0.1) is 17.8 Å². The molecule has 7 heteroatoms. The van der Waals surface area contributed by atoms with Gasteiger partial charge in [-0.05, 0) is 43.0 Å². The molecular formula is C28H25N3O4. The van der Waals surface area contributed by atoms with Crippen molar-refractivity contribution in [2.24, 2.45) is 0 Å². The molecule has 1 aromatic heterocycles. The Labute approximate surface area is 203 Å². The Morgan fingerprint density at radius 3 is 2.20 bits per heavy atom. The highest BCUT2D eigenvalue weighted by atomic mass is 16.5. The minimum Gasteiger partial charge on any atom is -0.456 e. The molecule has 0 fully saturated rings. The number of esters is 1. The summed E-state index contributed by atoms with van der Waals surface area (Å²) in [7, 11) is 0. The molecule has 0 spiro atoms. The van der Waals surface area contributed by atoms with E-state index in [1.165, 1.54) is 0 Å². The van der Waals surface area contributed by atoms with E-state index in [2.05, 4.69) is 10.1 Å². The molecule has 5 rings (SSSR count). The van der Waals surface area contributed by atoms with Crippen molar-refractivity contribution in [1.29, 1.82) is 0 Å². The lowest BCUT2D eigenvalue weighted by Crippen LogP contribution is -2.31. The van der Waals surface area contributed by atoms with Crippen molar-refractivity contribution >= 4 is 23.3 Å². The van der Waals surface area contributed by atoms with E-state index < -0.39 is 5.97 Å². The Morgan fingerprint density at radius 1 is 0.914 bits per heavy atom. The summed E-state index contributed by atoms with van der Waals surface area (Å²) >= 11 is 0. The van der Waals surface area contributed by atoms with Crippen molar-refractivity contribution in [3.05, 3.63) is 95.4 Å². The molecule has 3 aromatic carbocycles. The first kappa shape index (κ1) is 22.5. The quantitative estimate of drug-likeness (QED) is 0.372. The maximum Gasteiger partial charge on any atom is 0.306 e. The Morgan fingerprint density at radius 2 is 1.54 bits per heavy atom. The summed E-state index contributed by atoms with van der Waals surface area (Å²) < 4.78 is 10.6. The van der Waals surface area contributed by atoms with Gasteiger partial charge in [-0.15, -0.1) is 0 Å². The van der Waals surface area contributed by atoms with Gasteiger partial charge in [0.1, 0.15) is 0 Å². The SMILES string of the molecule is Cc1ccc(-c2noc(CCC(=O)OCC(=O)N3c4ccccc4CCc4ccccc43)n2)cc1. The van der Waals surface area contributed by atoms with E-state index in [-0.39, 0.29) is 25.4 Å². The van der Waals surface area contributed by atoms with Crippen molar-refractivity contribution in [1.82, 2.24) is 10.1 Å². The van der Waals surface area contributed by atoms with Crippen molar-refractivity contribution < 1.29 is 18.8 Å². The summed E-state index contributed by atoms with van der Waals surface area (Å²) in [5.74, 6) is 0.0330. The van der Waals surface area contributed by atoms with Gasteiger partial charge < -0.3 is 9.26 Å². The summed E-state index contributed by atoms with van der Waals surface area (Å²) in [6.45, 7) is 1.66. The molecular weight excluding hydrogens is 442 g/mol. The second-order valence-corrected chi connectivity index (χ2v) is 8.53. The Hall–Kier alpha value is -4.26. The summed E-state index contributed by atoms with van der Waals surface area (Å²) in [5, 5.41) is 3.98.